The van der Waals surface area contributed by atoms with Crippen LogP contribution in [0, 0.1) is 6.42 Å². The number of piperazine rings is 1. The third-order valence-corrected chi connectivity index (χ3v) is 4.71. The topological polar surface area (TPSA) is 15.7 Å². The summed E-state index contributed by atoms with van der Waals surface area (Å²) < 4.78 is 5.48. The van der Waals surface area contributed by atoms with Crippen molar-refractivity contribution >= 4 is 17.3 Å². The molecule has 0 unspecified atom stereocenters. The van der Waals surface area contributed by atoms with E-state index in [1.165, 1.54) is 5.56 Å². The second-order valence-electron chi connectivity index (χ2n) is 6.05. The fraction of sp³-hybridized carbons (Fsp3) is 0.350. The molecule has 2 aromatic carbocycles. The third kappa shape index (κ3) is 4.43. The fourth-order valence-electron chi connectivity index (χ4n) is 3.13. The Hall–Kier alpha value is -1.71. The van der Waals surface area contributed by atoms with Crippen LogP contribution in [-0.4, -0.2) is 44.7 Å². The van der Waals surface area contributed by atoms with Crippen molar-refractivity contribution in [3.05, 3.63) is 65.5 Å². The molecule has 0 aromatic heterocycles. The van der Waals surface area contributed by atoms with E-state index in [1.54, 1.807) is 7.11 Å². The van der Waals surface area contributed by atoms with Crippen LogP contribution < -0.4 is 9.64 Å². The van der Waals surface area contributed by atoms with Gasteiger partial charge in [0.25, 0.3) is 0 Å². The van der Waals surface area contributed by atoms with Crippen molar-refractivity contribution in [2.45, 2.75) is 6.42 Å². The van der Waals surface area contributed by atoms with Crippen molar-refractivity contribution in [1.82, 2.24) is 4.90 Å². The Bertz CT molecular complexity index is 639. The molecule has 0 aliphatic carbocycles. The zero-order valence-corrected chi connectivity index (χ0v) is 14.9. The van der Waals surface area contributed by atoms with Crippen LogP contribution in [0.15, 0.2) is 48.5 Å². The number of anilines is 1. The smallest absolute Gasteiger partial charge is 0.142 e. The maximum atomic E-state index is 6.15. The van der Waals surface area contributed by atoms with E-state index in [9.17, 15) is 0 Å². The normalized spacial score (nSPS) is 15.5. The highest BCUT2D eigenvalue weighted by Gasteiger charge is 2.19. The lowest BCUT2D eigenvalue weighted by atomic mass is 10.1. The van der Waals surface area contributed by atoms with Gasteiger partial charge in [-0.2, -0.15) is 0 Å². The molecule has 1 saturated heterocycles. The first-order valence-corrected chi connectivity index (χ1v) is 8.83. The lowest BCUT2D eigenvalue weighted by molar-refractivity contribution is 0.260. The van der Waals surface area contributed by atoms with Crippen LogP contribution in [0.25, 0.3) is 0 Å². The Balaban J connectivity index is 1.48. The monoisotopic (exact) mass is 343 g/mol. The molecule has 1 heterocycles. The van der Waals surface area contributed by atoms with Crippen LogP contribution >= 0.6 is 11.6 Å². The van der Waals surface area contributed by atoms with Crippen molar-refractivity contribution in [2.75, 3.05) is 44.7 Å². The fourth-order valence-corrected chi connectivity index (χ4v) is 3.29. The molecule has 24 heavy (non-hydrogen) atoms. The lowest BCUT2D eigenvalue weighted by Crippen LogP contribution is -2.46. The number of nitrogens with zero attached hydrogens (tertiary/aromatic N) is 2. The highest BCUT2D eigenvalue weighted by molar-refractivity contribution is 6.30. The summed E-state index contributed by atoms with van der Waals surface area (Å²) in [5, 5.41) is 0.755. The van der Waals surface area contributed by atoms with E-state index >= 15 is 0 Å². The van der Waals surface area contributed by atoms with Gasteiger partial charge in [0.1, 0.15) is 5.75 Å². The Morgan fingerprint density at radius 3 is 2.50 bits per heavy atom. The van der Waals surface area contributed by atoms with Gasteiger partial charge in [-0.3, -0.25) is 4.90 Å². The van der Waals surface area contributed by atoms with Gasteiger partial charge in [0.05, 0.1) is 12.8 Å². The average Bonchev–Trinajstić information content (AvgIpc) is 2.63. The molecule has 1 aliphatic heterocycles. The van der Waals surface area contributed by atoms with Crippen LogP contribution in [0.2, 0.25) is 5.02 Å². The molecular weight excluding hydrogens is 320 g/mol. The van der Waals surface area contributed by atoms with E-state index in [1.807, 2.05) is 18.2 Å². The Morgan fingerprint density at radius 1 is 1.04 bits per heavy atom. The zero-order chi connectivity index (χ0) is 16.8. The maximum Gasteiger partial charge on any atom is 0.142 e. The molecule has 0 spiro atoms. The largest absolute Gasteiger partial charge is 0.495 e. The van der Waals surface area contributed by atoms with Crippen LogP contribution in [0.4, 0.5) is 5.69 Å². The van der Waals surface area contributed by atoms with Crippen molar-refractivity contribution in [2.24, 2.45) is 0 Å². The first-order valence-electron chi connectivity index (χ1n) is 8.45. The van der Waals surface area contributed by atoms with Crippen LogP contribution in [0.5, 0.6) is 5.75 Å². The molecule has 1 aliphatic rings. The molecule has 0 amide bonds. The molecule has 0 saturated carbocycles. The lowest BCUT2D eigenvalue weighted by Gasteiger charge is -2.36. The number of ether oxygens (including phenoxy) is 1. The van der Waals surface area contributed by atoms with Gasteiger partial charge in [-0.05, 0) is 43.1 Å². The summed E-state index contributed by atoms with van der Waals surface area (Å²) in [5.41, 5.74) is 2.40. The first-order chi connectivity index (χ1) is 11.8. The molecule has 3 rings (SSSR count). The van der Waals surface area contributed by atoms with Crippen molar-refractivity contribution in [1.29, 1.82) is 0 Å². The van der Waals surface area contributed by atoms with Gasteiger partial charge in [0.15, 0.2) is 0 Å². The molecular formula is C20H24ClN2O. The highest BCUT2D eigenvalue weighted by Crippen LogP contribution is 2.31. The first kappa shape index (κ1) is 17.1. The SMILES string of the molecule is COc1ccc(Cl)cc1N1CCN(CC[CH]c2ccccc2)CC1. The van der Waals surface area contributed by atoms with E-state index in [4.69, 9.17) is 16.3 Å². The van der Waals surface area contributed by atoms with Gasteiger partial charge in [-0.25, -0.2) is 0 Å². The zero-order valence-electron chi connectivity index (χ0n) is 14.1. The quantitative estimate of drug-likeness (QED) is 0.785. The summed E-state index contributed by atoms with van der Waals surface area (Å²) in [6, 6.07) is 16.4. The minimum atomic E-state index is 0.755. The second-order valence-corrected chi connectivity index (χ2v) is 6.48. The van der Waals surface area contributed by atoms with Gasteiger partial charge in [-0.1, -0.05) is 41.9 Å². The summed E-state index contributed by atoms with van der Waals surface area (Å²) >= 11 is 6.15. The number of hydrogen-bond acceptors (Lipinski definition) is 3. The average molecular weight is 344 g/mol. The number of benzene rings is 2. The van der Waals surface area contributed by atoms with Crippen LogP contribution in [-0.2, 0) is 0 Å². The number of hydrogen-bond donors (Lipinski definition) is 0. The van der Waals surface area contributed by atoms with Gasteiger partial charge in [0, 0.05) is 31.2 Å². The van der Waals surface area contributed by atoms with Gasteiger partial charge < -0.3 is 9.64 Å². The summed E-state index contributed by atoms with van der Waals surface area (Å²) in [6.45, 7) is 5.25. The summed E-state index contributed by atoms with van der Waals surface area (Å²) in [5.74, 6) is 0.894. The van der Waals surface area contributed by atoms with E-state index in [0.717, 1.165) is 55.6 Å². The molecule has 3 nitrogen and oxygen atoms in total. The summed E-state index contributed by atoms with van der Waals surface area (Å²) in [4.78, 5) is 4.88. The molecule has 0 bridgehead atoms. The molecule has 1 radical (unpaired) electrons. The predicted octanol–water partition coefficient (Wildman–Crippen LogP) is 4.11. The molecule has 0 atom stereocenters. The number of rotatable bonds is 6. The molecule has 0 N–H and O–H groups in total. The van der Waals surface area contributed by atoms with E-state index in [-0.39, 0.29) is 0 Å². The highest BCUT2D eigenvalue weighted by atomic mass is 35.5. The number of halogens is 1. The van der Waals surface area contributed by atoms with Gasteiger partial charge in [0.2, 0.25) is 0 Å². The summed E-state index contributed by atoms with van der Waals surface area (Å²) in [6.07, 6.45) is 3.40. The Kier molecular flexibility index (Phi) is 6.00. The van der Waals surface area contributed by atoms with Crippen LogP contribution in [0.1, 0.15) is 12.0 Å². The Morgan fingerprint density at radius 2 is 1.79 bits per heavy atom. The van der Waals surface area contributed by atoms with E-state index in [2.05, 4.69) is 46.6 Å². The van der Waals surface area contributed by atoms with Gasteiger partial charge in [-0.15, -0.1) is 0 Å². The predicted molar refractivity (Wildman–Crippen MR) is 101 cm³/mol. The molecule has 127 valence electrons. The molecule has 1 fully saturated rings. The minimum absolute atomic E-state index is 0.755. The van der Waals surface area contributed by atoms with Gasteiger partial charge >= 0.3 is 0 Å². The van der Waals surface area contributed by atoms with Crippen LogP contribution in [0.3, 0.4) is 0 Å². The minimum Gasteiger partial charge on any atom is -0.495 e. The van der Waals surface area contributed by atoms with Crippen molar-refractivity contribution in [3.63, 3.8) is 0 Å². The van der Waals surface area contributed by atoms with E-state index < -0.39 is 0 Å². The maximum absolute atomic E-state index is 6.15. The molecule has 2 aromatic rings. The summed E-state index contributed by atoms with van der Waals surface area (Å²) in [7, 11) is 1.71. The second kappa shape index (κ2) is 8.41. The van der Waals surface area contributed by atoms with E-state index in [0.29, 0.717) is 0 Å². The standard InChI is InChI=1S/C20H24ClN2O/c1-24-20-10-9-18(21)16-19(20)23-14-12-22(13-15-23)11-5-8-17-6-3-2-4-7-17/h2-4,6-10,16H,5,11-15H2,1H3. The number of methoxy groups -OCH3 is 1. The molecule has 4 heteroatoms. The third-order valence-electron chi connectivity index (χ3n) is 4.48. The Labute approximate surface area is 149 Å². The van der Waals surface area contributed by atoms with Crippen molar-refractivity contribution in [3.8, 4) is 5.75 Å². The van der Waals surface area contributed by atoms with Crippen molar-refractivity contribution < 1.29 is 4.74 Å².